The fourth-order valence-electron chi connectivity index (χ4n) is 2.30. The zero-order valence-electron chi connectivity index (χ0n) is 12.0. The Bertz CT molecular complexity index is 611. The number of hydrogen-bond donors (Lipinski definition) is 1. The van der Waals surface area contributed by atoms with Crippen molar-refractivity contribution in [2.75, 3.05) is 24.6 Å². The van der Waals surface area contributed by atoms with Crippen molar-refractivity contribution in [3.8, 4) is 0 Å². The summed E-state index contributed by atoms with van der Waals surface area (Å²) >= 11 is 6.01. The largest absolute Gasteiger partial charge is 0.366 e. The van der Waals surface area contributed by atoms with E-state index in [0.29, 0.717) is 30.0 Å². The van der Waals surface area contributed by atoms with Gasteiger partial charge < -0.3 is 9.64 Å². The molecule has 112 valence electrons. The monoisotopic (exact) mass is 308 g/mol. The minimum atomic E-state index is -0.163. The molecule has 1 aliphatic rings. The Balaban J connectivity index is 1.79. The molecular formula is C13H17ClN6O. The van der Waals surface area contributed by atoms with Gasteiger partial charge in [0.1, 0.15) is 28.7 Å². The maximum absolute atomic E-state index is 6.01. The molecule has 1 fully saturated rings. The number of nitrogens with zero attached hydrogens (tertiary/aromatic N) is 5. The first-order chi connectivity index (χ1) is 10.2. The zero-order chi connectivity index (χ0) is 14.8. The van der Waals surface area contributed by atoms with Crippen molar-refractivity contribution in [1.29, 1.82) is 0 Å². The molecule has 0 aromatic carbocycles. The number of anilines is 1. The minimum Gasteiger partial charge on any atom is -0.366 e. The topological polar surface area (TPSA) is 79.8 Å². The standard InChI is InChI=1S/C13H17ClN6O/c1-3-11-17-13(19-18-11)9-7-20(4-5-21-9)12-6-10(14)15-8(2)16-12/h6,9H,3-5,7H2,1-2H3,(H,17,18,19). The first-order valence-electron chi connectivity index (χ1n) is 6.94. The fraction of sp³-hybridized carbons (Fsp3) is 0.538. The van der Waals surface area contributed by atoms with E-state index in [1.54, 1.807) is 6.07 Å². The summed E-state index contributed by atoms with van der Waals surface area (Å²) in [5.74, 6) is 3.03. The SMILES string of the molecule is CCc1nc(C2CN(c3cc(Cl)nc(C)n3)CCO2)n[nH]1. The summed E-state index contributed by atoms with van der Waals surface area (Å²) in [6.07, 6.45) is 0.661. The fourth-order valence-corrected chi connectivity index (χ4v) is 2.52. The third kappa shape index (κ3) is 3.14. The summed E-state index contributed by atoms with van der Waals surface area (Å²) in [6, 6.07) is 1.77. The highest BCUT2D eigenvalue weighted by molar-refractivity contribution is 6.29. The Morgan fingerprint density at radius 2 is 2.29 bits per heavy atom. The van der Waals surface area contributed by atoms with Gasteiger partial charge in [0.25, 0.3) is 0 Å². The molecule has 3 rings (SSSR count). The Kier molecular flexibility index (Phi) is 4.03. The summed E-state index contributed by atoms with van der Waals surface area (Å²) in [5, 5.41) is 7.60. The number of halogens is 1. The number of morpholine rings is 1. The smallest absolute Gasteiger partial charge is 0.181 e. The molecule has 0 aliphatic carbocycles. The van der Waals surface area contributed by atoms with E-state index < -0.39 is 0 Å². The van der Waals surface area contributed by atoms with Crippen molar-refractivity contribution < 1.29 is 4.74 Å². The van der Waals surface area contributed by atoms with Crippen LogP contribution in [0, 0.1) is 6.92 Å². The van der Waals surface area contributed by atoms with Gasteiger partial charge in [-0.05, 0) is 6.92 Å². The maximum atomic E-state index is 6.01. The van der Waals surface area contributed by atoms with Crippen molar-refractivity contribution in [2.45, 2.75) is 26.4 Å². The van der Waals surface area contributed by atoms with Crippen LogP contribution in [-0.4, -0.2) is 44.8 Å². The molecule has 8 heteroatoms. The Labute approximate surface area is 127 Å². The predicted octanol–water partition coefficient (Wildman–Crippen LogP) is 1.70. The molecule has 0 saturated carbocycles. The number of nitrogens with one attached hydrogen (secondary N) is 1. The van der Waals surface area contributed by atoms with E-state index in [1.165, 1.54) is 0 Å². The maximum Gasteiger partial charge on any atom is 0.181 e. The summed E-state index contributed by atoms with van der Waals surface area (Å²) in [5.41, 5.74) is 0. The van der Waals surface area contributed by atoms with Gasteiger partial charge in [-0.15, -0.1) is 0 Å². The molecule has 0 bridgehead atoms. The van der Waals surface area contributed by atoms with Crippen LogP contribution in [0.2, 0.25) is 5.15 Å². The summed E-state index contributed by atoms with van der Waals surface area (Å²) in [6.45, 7) is 5.86. The first-order valence-corrected chi connectivity index (χ1v) is 7.32. The van der Waals surface area contributed by atoms with Crippen LogP contribution >= 0.6 is 11.6 Å². The van der Waals surface area contributed by atoms with E-state index in [9.17, 15) is 0 Å². The molecule has 2 aromatic rings. The second-order valence-electron chi connectivity index (χ2n) is 4.90. The minimum absolute atomic E-state index is 0.163. The molecule has 1 N–H and O–H groups in total. The number of ether oxygens (including phenoxy) is 1. The van der Waals surface area contributed by atoms with E-state index in [1.807, 2.05) is 13.8 Å². The van der Waals surface area contributed by atoms with Crippen LogP contribution in [0.25, 0.3) is 0 Å². The van der Waals surface area contributed by atoms with E-state index in [0.717, 1.165) is 24.6 Å². The summed E-state index contributed by atoms with van der Waals surface area (Å²) in [4.78, 5) is 15.1. The van der Waals surface area contributed by atoms with Crippen LogP contribution in [0.3, 0.4) is 0 Å². The lowest BCUT2D eigenvalue weighted by Crippen LogP contribution is -2.39. The number of aryl methyl sites for hydroxylation is 2. The average molecular weight is 309 g/mol. The second kappa shape index (κ2) is 5.95. The van der Waals surface area contributed by atoms with Gasteiger partial charge in [-0.25, -0.2) is 15.0 Å². The second-order valence-corrected chi connectivity index (χ2v) is 5.28. The summed E-state index contributed by atoms with van der Waals surface area (Å²) in [7, 11) is 0. The highest BCUT2D eigenvalue weighted by Crippen LogP contribution is 2.24. The number of aromatic amines is 1. The normalized spacial score (nSPS) is 19.0. The quantitative estimate of drug-likeness (QED) is 0.869. The van der Waals surface area contributed by atoms with Gasteiger partial charge in [-0.2, -0.15) is 5.10 Å². The van der Waals surface area contributed by atoms with Crippen molar-refractivity contribution in [3.05, 3.63) is 28.7 Å². The molecule has 1 atom stereocenters. The molecule has 7 nitrogen and oxygen atoms in total. The molecule has 21 heavy (non-hydrogen) atoms. The van der Waals surface area contributed by atoms with Crippen LogP contribution in [0.1, 0.15) is 30.5 Å². The Morgan fingerprint density at radius 1 is 1.43 bits per heavy atom. The van der Waals surface area contributed by atoms with Crippen molar-refractivity contribution in [2.24, 2.45) is 0 Å². The average Bonchev–Trinajstić information content (AvgIpc) is 2.95. The number of H-pyrrole nitrogens is 1. The van der Waals surface area contributed by atoms with Gasteiger partial charge in [-0.1, -0.05) is 18.5 Å². The number of hydrogen-bond acceptors (Lipinski definition) is 6. The van der Waals surface area contributed by atoms with Crippen molar-refractivity contribution in [3.63, 3.8) is 0 Å². The molecule has 1 unspecified atom stereocenters. The van der Waals surface area contributed by atoms with Crippen LogP contribution in [0.5, 0.6) is 0 Å². The van der Waals surface area contributed by atoms with Gasteiger partial charge in [0.15, 0.2) is 5.82 Å². The van der Waals surface area contributed by atoms with E-state index >= 15 is 0 Å². The molecule has 1 aliphatic heterocycles. The highest BCUT2D eigenvalue weighted by Gasteiger charge is 2.26. The van der Waals surface area contributed by atoms with Crippen molar-refractivity contribution >= 4 is 17.4 Å². The molecule has 2 aromatic heterocycles. The van der Waals surface area contributed by atoms with Crippen LogP contribution in [0.15, 0.2) is 6.07 Å². The molecular weight excluding hydrogens is 292 g/mol. The Hall–Kier alpha value is -1.73. The zero-order valence-corrected chi connectivity index (χ0v) is 12.8. The van der Waals surface area contributed by atoms with Crippen molar-refractivity contribution in [1.82, 2.24) is 25.1 Å². The van der Waals surface area contributed by atoms with E-state index in [-0.39, 0.29) is 6.10 Å². The van der Waals surface area contributed by atoms with Crippen LogP contribution in [0.4, 0.5) is 5.82 Å². The third-order valence-electron chi connectivity index (χ3n) is 3.36. The molecule has 0 spiro atoms. The third-order valence-corrected chi connectivity index (χ3v) is 3.55. The molecule has 3 heterocycles. The lowest BCUT2D eigenvalue weighted by Gasteiger charge is -2.32. The highest BCUT2D eigenvalue weighted by atomic mass is 35.5. The van der Waals surface area contributed by atoms with Gasteiger partial charge in [0.2, 0.25) is 0 Å². The Morgan fingerprint density at radius 3 is 3.00 bits per heavy atom. The van der Waals surface area contributed by atoms with Gasteiger partial charge in [0.05, 0.1) is 13.2 Å². The molecule has 0 radical (unpaired) electrons. The van der Waals surface area contributed by atoms with E-state index in [4.69, 9.17) is 16.3 Å². The van der Waals surface area contributed by atoms with Gasteiger partial charge in [-0.3, -0.25) is 5.10 Å². The predicted molar refractivity (Wildman–Crippen MR) is 78.4 cm³/mol. The molecule has 0 amide bonds. The number of aromatic nitrogens is 5. The van der Waals surface area contributed by atoms with Crippen LogP contribution in [-0.2, 0) is 11.2 Å². The van der Waals surface area contributed by atoms with E-state index in [2.05, 4.69) is 30.0 Å². The lowest BCUT2D eigenvalue weighted by molar-refractivity contribution is 0.0339. The van der Waals surface area contributed by atoms with Gasteiger partial charge in [0, 0.05) is 19.0 Å². The first kappa shape index (κ1) is 14.2. The lowest BCUT2D eigenvalue weighted by atomic mass is 10.2. The molecule has 1 saturated heterocycles. The van der Waals surface area contributed by atoms with Crippen LogP contribution < -0.4 is 4.90 Å². The van der Waals surface area contributed by atoms with Gasteiger partial charge >= 0.3 is 0 Å². The number of rotatable bonds is 3. The summed E-state index contributed by atoms with van der Waals surface area (Å²) < 4.78 is 5.77.